The lowest BCUT2D eigenvalue weighted by atomic mass is 9.80. The third-order valence-electron chi connectivity index (χ3n) is 7.14. The smallest absolute Gasteiger partial charge is 0.213 e. The van der Waals surface area contributed by atoms with E-state index in [2.05, 4.69) is 46.7 Å². The summed E-state index contributed by atoms with van der Waals surface area (Å²) in [4.78, 5) is 0. The van der Waals surface area contributed by atoms with Crippen molar-refractivity contribution >= 4 is 25.6 Å². The molecule has 0 aliphatic heterocycles. The molecule has 0 aromatic heterocycles. The molecule has 0 spiro atoms. The number of phenolic OH excluding ortho intramolecular Hbond substituents is 1. The minimum Gasteiger partial charge on any atom is -0.508 e. The Labute approximate surface area is 222 Å². The molecule has 0 amide bonds. The molecule has 2 unspecified atom stereocenters. The van der Waals surface area contributed by atoms with Crippen molar-refractivity contribution in [2.45, 2.75) is 58.1 Å². The lowest BCUT2D eigenvalue weighted by molar-refractivity contribution is 0.334. The maximum absolute atomic E-state index is 12.3. The summed E-state index contributed by atoms with van der Waals surface area (Å²) in [5.41, 5.74) is 4.44. The Kier molecular flexibility index (Phi) is 10.3. The topological polar surface area (TPSA) is 113 Å². The molecule has 7 nitrogen and oxygen atoms in total. The van der Waals surface area contributed by atoms with E-state index in [1.54, 1.807) is 38.1 Å². The Balaban J connectivity index is 1.43. The molecule has 0 radical (unpaired) electrons. The van der Waals surface area contributed by atoms with Crippen LogP contribution in [0.25, 0.3) is 5.57 Å². The predicted molar refractivity (Wildman–Crippen MR) is 150 cm³/mol. The second kappa shape index (κ2) is 13.0. The van der Waals surface area contributed by atoms with Crippen LogP contribution in [0.3, 0.4) is 0 Å². The molecule has 0 saturated heterocycles. The van der Waals surface area contributed by atoms with Gasteiger partial charge >= 0.3 is 0 Å². The molecule has 3 rings (SSSR count). The Bertz CT molecular complexity index is 1250. The molecular weight excluding hydrogens is 508 g/mol. The lowest BCUT2D eigenvalue weighted by Crippen LogP contribution is -2.36. The predicted octanol–water partition coefficient (Wildman–Crippen LogP) is 4.24. The quantitative estimate of drug-likeness (QED) is 0.347. The van der Waals surface area contributed by atoms with Crippen LogP contribution in [0.2, 0.25) is 0 Å². The molecule has 37 heavy (non-hydrogen) atoms. The average Bonchev–Trinajstić information content (AvgIpc) is 2.87. The average molecular weight is 549 g/mol. The van der Waals surface area contributed by atoms with Gasteiger partial charge in [-0.1, -0.05) is 49.4 Å². The molecule has 0 saturated carbocycles. The molecule has 1 aliphatic rings. The molecule has 0 bridgehead atoms. The van der Waals surface area contributed by atoms with Gasteiger partial charge in [0.2, 0.25) is 20.0 Å². The SMILES string of the molecule is CC(CNS(=O)(=O)C(C)C)C1CC=C(c2ccc(CCNS(=O)(=O)CCc3ccc(O)cc3)cc2)CC1. The number of nitrogens with one attached hydrogen (secondary N) is 2. The zero-order valence-electron chi connectivity index (χ0n) is 22.0. The van der Waals surface area contributed by atoms with E-state index in [-0.39, 0.29) is 17.4 Å². The molecule has 0 heterocycles. The maximum Gasteiger partial charge on any atom is 0.213 e. The monoisotopic (exact) mass is 548 g/mol. The van der Waals surface area contributed by atoms with Crippen molar-refractivity contribution in [1.29, 1.82) is 0 Å². The molecule has 9 heteroatoms. The van der Waals surface area contributed by atoms with Gasteiger partial charge in [-0.25, -0.2) is 26.3 Å². The van der Waals surface area contributed by atoms with Crippen molar-refractivity contribution in [1.82, 2.24) is 9.44 Å². The summed E-state index contributed by atoms with van der Waals surface area (Å²) in [7, 11) is -6.61. The van der Waals surface area contributed by atoms with Crippen LogP contribution in [0.5, 0.6) is 5.75 Å². The van der Waals surface area contributed by atoms with Crippen LogP contribution < -0.4 is 9.44 Å². The Hall–Kier alpha value is -2.20. The Morgan fingerprint density at radius 3 is 2.11 bits per heavy atom. The molecule has 3 N–H and O–H groups in total. The van der Waals surface area contributed by atoms with Crippen molar-refractivity contribution in [2.75, 3.05) is 18.8 Å². The van der Waals surface area contributed by atoms with Gasteiger partial charge in [-0.15, -0.1) is 0 Å². The highest BCUT2D eigenvalue weighted by molar-refractivity contribution is 7.90. The molecule has 1 aliphatic carbocycles. The van der Waals surface area contributed by atoms with Gasteiger partial charge in [0.15, 0.2) is 0 Å². The highest BCUT2D eigenvalue weighted by Crippen LogP contribution is 2.34. The highest BCUT2D eigenvalue weighted by atomic mass is 32.2. The first kappa shape index (κ1) is 29.4. The van der Waals surface area contributed by atoms with Crippen molar-refractivity contribution in [3.8, 4) is 5.75 Å². The number of allylic oxidation sites excluding steroid dienone is 2. The van der Waals surface area contributed by atoms with Crippen LogP contribution in [0, 0.1) is 11.8 Å². The maximum atomic E-state index is 12.3. The Morgan fingerprint density at radius 2 is 1.51 bits per heavy atom. The molecule has 204 valence electrons. The minimum atomic E-state index is -3.37. The van der Waals surface area contributed by atoms with E-state index >= 15 is 0 Å². The number of phenols is 1. The summed E-state index contributed by atoms with van der Waals surface area (Å²) in [5.74, 6) is 0.908. The van der Waals surface area contributed by atoms with Crippen LogP contribution >= 0.6 is 0 Å². The van der Waals surface area contributed by atoms with Gasteiger partial charge in [0.05, 0.1) is 11.0 Å². The van der Waals surface area contributed by atoms with Gasteiger partial charge in [0.25, 0.3) is 0 Å². The molecule has 0 fully saturated rings. The number of rotatable bonds is 13. The lowest BCUT2D eigenvalue weighted by Gasteiger charge is -2.28. The summed E-state index contributed by atoms with van der Waals surface area (Å²) in [6, 6.07) is 14.9. The van der Waals surface area contributed by atoms with E-state index in [0.717, 1.165) is 30.4 Å². The zero-order chi connectivity index (χ0) is 27.1. The largest absolute Gasteiger partial charge is 0.508 e. The Morgan fingerprint density at radius 1 is 0.892 bits per heavy atom. The number of benzene rings is 2. The number of aryl methyl sites for hydroxylation is 1. The summed E-state index contributed by atoms with van der Waals surface area (Å²) < 4.78 is 54.1. The number of sulfonamides is 2. The van der Waals surface area contributed by atoms with Crippen molar-refractivity contribution in [3.63, 3.8) is 0 Å². The molecular formula is C28H40N2O5S2. The zero-order valence-corrected chi connectivity index (χ0v) is 23.6. The normalized spacial score (nSPS) is 17.5. The summed E-state index contributed by atoms with van der Waals surface area (Å²) in [6.45, 7) is 6.31. The van der Waals surface area contributed by atoms with E-state index in [4.69, 9.17) is 0 Å². The van der Waals surface area contributed by atoms with Gasteiger partial charge in [0, 0.05) is 13.1 Å². The third kappa shape index (κ3) is 9.25. The number of hydrogen-bond acceptors (Lipinski definition) is 5. The first-order chi connectivity index (χ1) is 17.4. The summed E-state index contributed by atoms with van der Waals surface area (Å²) in [6.07, 6.45) is 6.22. The third-order valence-corrected chi connectivity index (χ3v) is 10.3. The molecule has 2 aromatic carbocycles. The van der Waals surface area contributed by atoms with E-state index in [0.29, 0.717) is 31.8 Å². The van der Waals surface area contributed by atoms with Crippen LogP contribution in [-0.2, 0) is 32.9 Å². The van der Waals surface area contributed by atoms with Gasteiger partial charge in [-0.3, -0.25) is 0 Å². The standard InChI is InChI=1S/C28H40N2O5S2/c1-21(2)37(34,35)30-20-22(3)25-10-12-27(13-11-25)26-8-4-23(5-9-26)16-18-29-36(32,33)19-17-24-6-14-28(31)15-7-24/h4-9,12,14-15,21-22,25,29-31H,10-11,13,16-20H2,1-3H3. The van der Waals surface area contributed by atoms with Crippen molar-refractivity contribution < 1.29 is 21.9 Å². The van der Waals surface area contributed by atoms with Gasteiger partial charge in [0.1, 0.15) is 5.75 Å². The van der Waals surface area contributed by atoms with Crippen molar-refractivity contribution in [3.05, 3.63) is 71.3 Å². The van der Waals surface area contributed by atoms with Crippen LogP contribution in [-0.4, -0.2) is 46.0 Å². The van der Waals surface area contributed by atoms with Gasteiger partial charge in [-0.2, -0.15) is 0 Å². The van der Waals surface area contributed by atoms with Crippen LogP contribution in [0.1, 0.15) is 56.7 Å². The number of hydrogen-bond donors (Lipinski definition) is 3. The van der Waals surface area contributed by atoms with E-state index in [1.807, 2.05) is 0 Å². The summed E-state index contributed by atoms with van der Waals surface area (Å²) in [5, 5.41) is 8.91. The number of aromatic hydroxyl groups is 1. The van der Waals surface area contributed by atoms with E-state index < -0.39 is 25.3 Å². The highest BCUT2D eigenvalue weighted by Gasteiger charge is 2.23. The van der Waals surface area contributed by atoms with Crippen LogP contribution in [0.4, 0.5) is 0 Å². The molecule has 2 atom stereocenters. The minimum absolute atomic E-state index is 0.00802. The van der Waals surface area contributed by atoms with E-state index in [9.17, 15) is 21.9 Å². The summed E-state index contributed by atoms with van der Waals surface area (Å²) >= 11 is 0. The molecule has 2 aromatic rings. The van der Waals surface area contributed by atoms with Crippen LogP contribution in [0.15, 0.2) is 54.6 Å². The van der Waals surface area contributed by atoms with Gasteiger partial charge in [-0.05, 0) is 92.2 Å². The second-order valence-electron chi connectivity index (χ2n) is 10.3. The van der Waals surface area contributed by atoms with Crippen molar-refractivity contribution in [2.24, 2.45) is 11.8 Å². The fourth-order valence-corrected chi connectivity index (χ4v) is 6.33. The van der Waals surface area contributed by atoms with Gasteiger partial charge < -0.3 is 5.11 Å². The second-order valence-corrected chi connectivity index (χ2v) is 14.5. The fourth-order valence-electron chi connectivity index (χ4n) is 4.44. The van der Waals surface area contributed by atoms with E-state index in [1.165, 1.54) is 11.1 Å². The fraction of sp³-hybridized carbons (Fsp3) is 0.500. The first-order valence-electron chi connectivity index (χ1n) is 13.0. The first-order valence-corrected chi connectivity index (χ1v) is 16.2.